The molecule has 38 valence electrons. The van der Waals surface area contributed by atoms with E-state index in [0.29, 0.717) is 0 Å². The standard InChI is InChI=1S/C3H5O3.Na/c4-1-3(6)2-5;/h3H,1-2H2;/q-3;+1. The second kappa shape index (κ2) is 6.88. The van der Waals surface area contributed by atoms with Crippen LogP contribution in [-0.2, 0) is 0 Å². The number of hydrogen-bond acceptors (Lipinski definition) is 3. The van der Waals surface area contributed by atoms with Gasteiger partial charge in [-0.1, -0.05) is 0 Å². The minimum Gasteiger partial charge on any atom is -0.855 e. The van der Waals surface area contributed by atoms with Crippen molar-refractivity contribution in [2.24, 2.45) is 0 Å². The van der Waals surface area contributed by atoms with Crippen molar-refractivity contribution in [1.82, 2.24) is 0 Å². The molecule has 0 aromatic rings. The van der Waals surface area contributed by atoms with Gasteiger partial charge in [-0.25, -0.2) is 0 Å². The van der Waals surface area contributed by atoms with Crippen molar-refractivity contribution in [2.45, 2.75) is 6.10 Å². The van der Waals surface area contributed by atoms with Crippen LogP contribution in [0.5, 0.6) is 0 Å². The monoisotopic (exact) mass is 112 g/mol. The molecule has 0 spiro atoms. The zero-order valence-electron chi connectivity index (χ0n) is 4.22. The maximum absolute atomic E-state index is 9.64. The predicted octanol–water partition coefficient (Wildman–Crippen LogP) is -6.56. The first-order valence-corrected chi connectivity index (χ1v) is 1.63. The average Bonchev–Trinajstić information content (AvgIpc) is 1.65. The minimum atomic E-state index is -1.43. The van der Waals surface area contributed by atoms with Gasteiger partial charge >= 0.3 is 29.6 Å². The quantitative estimate of drug-likeness (QED) is 0.333. The second-order valence-electron chi connectivity index (χ2n) is 0.955. The first-order valence-electron chi connectivity index (χ1n) is 1.63. The fourth-order valence-electron chi connectivity index (χ4n) is 0.0481. The van der Waals surface area contributed by atoms with E-state index in [4.69, 9.17) is 0 Å². The Morgan fingerprint density at radius 2 is 1.43 bits per heavy atom. The summed E-state index contributed by atoms with van der Waals surface area (Å²) >= 11 is 0. The van der Waals surface area contributed by atoms with E-state index >= 15 is 0 Å². The molecule has 0 unspecified atom stereocenters. The van der Waals surface area contributed by atoms with Crippen LogP contribution in [0.15, 0.2) is 0 Å². The zero-order chi connectivity index (χ0) is 4.99. The van der Waals surface area contributed by atoms with Gasteiger partial charge in [-0.05, 0) is 0 Å². The maximum Gasteiger partial charge on any atom is 1.00 e. The maximum atomic E-state index is 9.64. The van der Waals surface area contributed by atoms with E-state index in [1.807, 2.05) is 0 Å². The zero-order valence-corrected chi connectivity index (χ0v) is 6.22. The normalized spacial score (nSPS) is 8.57. The van der Waals surface area contributed by atoms with E-state index in [-0.39, 0.29) is 29.6 Å². The van der Waals surface area contributed by atoms with Gasteiger partial charge in [0.1, 0.15) is 0 Å². The molecule has 0 bridgehead atoms. The van der Waals surface area contributed by atoms with Crippen LogP contribution in [0.1, 0.15) is 0 Å². The Labute approximate surface area is 64.3 Å². The van der Waals surface area contributed by atoms with Crippen LogP contribution in [0.4, 0.5) is 0 Å². The summed E-state index contributed by atoms with van der Waals surface area (Å²) in [5, 5.41) is 28.3. The molecule has 0 rings (SSSR count). The molecule has 0 N–H and O–H groups in total. The van der Waals surface area contributed by atoms with Crippen molar-refractivity contribution in [2.75, 3.05) is 13.2 Å². The van der Waals surface area contributed by atoms with E-state index in [1.54, 1.807) is 0 Å². The molecular formula is C3H5NaO3-2. The third-order valence-electron chi connectivity index (χ3n) is 0.372. The molecule has 0 heterocycles. The largest absolute Gasteiger partial charge is 1.00 e. The van der Waals surface area contributed by atoms with Gasteiger partial charge in [0.2, 0.25) is 0 Å². The number of rotatable bonds is 2. The van der Waals surface area contributed by atoms with Crippen LogP contribution in [0, 0.1) is 0 Å². The van der Waals surface area contributed by atoms with Crippen LogP contribution in [0.2, 0.25) is 0 Å². The SMILES string of the molecule is [Na+].[O-]CC([O-])C[O-]. The summed E-state index contributed by atoms with van der Waals surface area (Å²) in [6.07, 6.45) is -1.43. The Balaban J connectivity index is 0. The first-order chi connectivity index (χ1) is 2.81. The molecule has 0 amide bonds. The van der Waals surface area contributed by atoms with E-state index in [9.17, 15) is 15.3 Å². The van der Waals surface area contributed by atoms with E-state index in [2.05, 4.69) is 0 Å². The Bertz CT molecular complexity index is 29.4. The van der Waals surface area contributed by atoms with Crippen LogP contribution in [0.3, 0.4) is 0 Å². The summed E-state index contributed by atoms with van der Waals surface area (Å²) in [7, 11) is 0. The van der Waals surface area contributed by atoms with Gasteiger partial charge in [-0.15, -0.1) is 0 Å². The molecule has 0 saturated heterocycles. The van der Waals surface area contributed by atoms with Crippen molar-refractivity contribution < 1.29 is 44.9 Å². The molecule has 7 heavy (non-hydrogen) atoms. The Morgan fingerprint density at radius 3 is 1.43 bits per heavy atom. The smallest absolute Gasteiger partial charge is 0.855 e. The molecule has 0 atom stereocenters. The summed E-state index contributed by atoms with van der Waals surface area (Å²) in [6.45, 7) is -1.58. The van der Waals surface area contributed by atoms with Gasteiger partial charge in [-0.2, -0.15) is 19.3 Å². The Morgan fingerprint density at radius 1 is 1.14 bits per heavy atom. The van der Waals surface area contributed by atoms with E-state index in [1.165, 1.54) is 0 Å². The number of hydrogen-bond donors (Lipinski definition) is 0. The van der Waals surface area contributed by atoms with E-state index in [0.717, 1.165) is 0 Å². The van der Waals surface area contributed by atoms with Crippen molar-refractivity contribution in [3.05, 3.63) is 0 Å². The molecule has 0 radical (unpaired) electrons. The topological polar surface area (TPSA) is 69.2 Å². The summed E-state index contributed by atoms with van der Waals surface area (Å²) in [6, 6.07) is 0. The Hall–Kier alpha value is 0.880. The minimum absolute atomic E-state index is 0. The Kier molecular flexibility index (Phi) is 10.6. The molecule has 0 saturated carbocycles. The van der Waals surface area contributed by atoms with Gasteiger partial charge in [-0.3, -0.25) is 0 Å². The third-order valence-corrected chi connectivity index (χ3v) is 0.372. The molecule has 0 aliphatic rings. The van der Waals surface area contributed by atoms with E-state index < -0.39 is 19.3 Å². The molecule has 0 fully saturated rings. The van der Waals surface area contributed by atoms with Gasteiger partial charge in [0, 0.05) is 0 Å². The molecule has 0 aliphatic carbocycles. The van der Waals surface area contributed by atoms with Gasteiger partial charge in [0.15, 0.2) is 0 Å². The second-order valence-corrected chi connectivity index (χ2v) is 0.955. The summed E-state index contributed by atoms with van der Waals surface area (Å²) in [5.74, 6) is 0. The molecule has 3 nitrogen and oxygen atoms in total. The summed E-state index contributed by atoms with van der Waals surface area (Å²) in [4.78, 5) is 0. The van der Waals surface area contributed by atoms with Crippen LogP contribution in [0.25, 0.3) is 0 Å². The predicted molar refractivity (Wildman–Crippen MR) is 13.5 cm³/mol. The summed E-state index contributed by atoms with van der Waals surface area (Å²) in [5.41, 5.74) is 0. The van der Waals surface area contributed by atoms with Crippen LogP contribution < -0.4 is 44.9 Å². The van der Waals surface area contributed by atoms with Gasteiger partial charge in [0.05, 0.1) is 0 Å². The van der Waals surface area contributed by atoms with Crippen molar-refractivity contribution in [3.8, 4) is 0 Å². The fourth-order valence-corrected chi connectivity index (χ4v) is 0.0481. The van der Waals surface area contributed by atoms with Gasteiger partial charge in [0.25, 0.3) is 0 Å². The first kappa shape index (κ1) is 10.8. The molecular weight excluding hydrogens is 107 g/mol. The molecule has 0 aromatic heterocycles. The summed E-state index contributed by atoms with van der Waals surface area (Å²) < 4.78 is 0. The van der Waals surface area contributed by atoms with Crippen LogP contribution in [-0.4, -0.2) is 19.3 Å². The average molecular weight is 112 g/mol. The van der Waals surface area contributed by atoms with Crippen molar-refractivity contribution in [1.29, 1.82) is 0 Å². The van der Waals surface area contributed by atoms with Crippen LogP contribution >= 0.6 is 0 Å². The molecule has 0 aromatic carbocycles. The fraction of sp³-hybridized carbons (Fsp3) is 1.00. The molecule has 0 aliphatic heterocycles. The van der Waals surface area contributed by atoms with Crippen molar-refractivity contribution >= 4 is 0 Å². The van der Waals surface area contributed by atoms with Crippen molar-refractivity contribution in [3.63, 3.8) is 0 Å². The molecule has 4 heteroatoms. The van der Waals surface area contributed by atoms with Gasteiger partial charge < -0.3 is 15.3 Å². The third kappa shape index (κ3) is 6.88.